The van der Waals surface area contributed by atoms with Crippen molar-refractivity contribution in [2.75, 3.05) is 26.2 Å². The molecule has 1 saturated heterocycles. The van der Waals surface area contributed by atoms with Crippen LogP contribution in [0.3, 0.4) is 0 Å². The predicted molar refractivity (Wildman–Crippen MR) is 115 cm³/mol. The Hall–Kier alpha value is -2.33. The first kappa shape index (κ1) is 19.0. The predicted octanol–water partition coefficient (Wildman–Crippen LogP) is 4.91. The molecule has 0 spiro atoms. The van der Waals surface area contributed by atoms with Gasteiger partial charge in [0.25, 0.3) is 0 Å². The fraction of sp³-hybridized carbons (Fsp3) is 0.250. The van der Waals surface area contributed by atoms with Crippen molar-refractivity contribution < 1.29 is 4.74 Å². The summed E-state index contributed by atoms with van der Waals surface area (Å²) >= 11 is 6.33. The van der Waals surface area contributed by atoms with Crippen molar-refractivity contribution in [2.45, 2.75) is 12.6 Å². The van der Waals surface area contributed by atoms with E-state index in [1.165, 1.54) is 16.7 Å². The topological polar surface area (TPSA) is 24.5 Å². The number of benzene rings is 3. The first-order valence-electron chi connectivity index (χ1n) is 9.77. The molecule has 1 fully saturated rings. The summed E-state index contributed by atoms with van der Waals surface area (Å²) in [6.07, 6.45) is 0. The Kier molecular flexibility index (Phi) is 6.27. The quantitative estimate of drug-likeness (QED) is 0.644. The monoisotopic (exact) mass is 392 g/mol. The van der Waals surface area contributed by atoms with Gasteiger partial charge in [-0.05, 0) is 29.3 Å². The van der Waals surface area contributed by atoms with Gasteiger partial charge in [-0.15, -0.1) is 0 Å². The van der Waals surface area contributed by atoms with Gasteiger partial charge >= 0.3 is 0 Å². The van der Waals surface area contributed by atoms with Crippen molar-refractivity contribution in [1.29, 1.82) is 0 Å². The lowest BCUT2D eigenvalue weighted by atomic mass is 9.95. The molecule has 1 aliphatic rings. The van der Waals surface area contributed by atoms with Gasteiger partial charge in [0.2, 0.25) is 0 Å². The molecule has 0 bridgehead atoms. The normalized spacial score (nSPS) is 15.9. The molecule has 1 atom stereocenters. The second kappa shape index (κ2) is 9.24. The highest BCUT2D eigenvalue weighted by Gasteiger charge is 2.26. The van der Waals surface area contributed by atoms with Crippen LogP contribution < -0.4 is 10.1 Å². The molecule has 3 nitrogen and oxygen atoms in total. The fourth-order valence-corrected chi connectivity index (χ4v) is 3.98. The minimum Gasteiger partial charge on any atom is -0.489 e. The van der Waals surface area contributed by atoms with Gasteiger partial charge in [-0.1, -0.05) is 72.3 Å². The van der Waals surface area contributed by atoms with Crippen LogP contribution in [-0.4, -0.2) is 31.1 Å². The maximum absolute atomic E-state index is 6.33. The van der Waals surface area contributed by atoms with Gasteiger partial charge in [-0.2, -0.15) is 0 Å². The number of halogens is 1. The van der Waals surface area contributed by atoms with Crippen LogP contribution in [0.15, 0.2) is 78.9 Å². The Balaban J connectivity index is 1.67. The first-order chi connectivity index (χ1) is 13.8. The largest absolute Gasteiger partial charge is 0.489 e. The van der Waals surface area contributed by atoms with E-state index in [0.717, 1.165) is 37.0 Å². The number of ether oxygens (including phenoxy) is 1. The Labute approximate surface area is 171 Å². The SMILES string of the molecule is Clc1cccc(C(c2ccccc2OCc2ccccc2)N2CCNCC2)c1. The van der Waals surface area contributed by atoms with Gasteiger partial charge in [0.05, 0.1) is 6.04 Å². The number of piperazine rings is 1. The molecule has 0 radical (unpaired) electrons. The highest BCUT2D eigenvalue weighted by Crippen LogP contribution is 2.36. The van der Waals surface area contributed by atoms with E-state index in [1.54, 1.807) is 0 Å². The number of nitrogens with zero attached hydrogens (tertiary/aromatic N) is 1. The van der Waals surface area contributed by atoms with Gasteiger partial charge in [0, 0.05) is 36.8 Å². The summed E-state index contributed by atoms with van der Waals surface area (Å²) in [6, 6.07) is 27.0. The van der Waals surface area contributed by atoms with E-state index in [9.17, 15) is 0 Å². The summed E-state index contributed by atoms with van der Waals surface area (Å²) < 4.78 is 6.27. The Morgan fingerprint density at radius 1 is 0.893 bits per heavy atom. The smallest absolute Gasteiger partial charge is 0.124 e. The molecule has 3 aromatic carbocycles. The Morgan fingerprint density at radius 3 is 2.43 bits per heavy atom. The molecule has 1 unspecified atom stereocenters. The van der Waals surface area contributed by atoms with Crippen LogP contribution in [0.2, 0.25) is 5.02 Å². The van der Waals surface area contributed by atoms with Crippen molar-refractivity contribution in [3.63, 3.8) is 0 Å². The van der Waals surface area contributed by atoms with Gasteiger partial charge in [0.15, 0.2) is 0 Å². The minimum atomic E-state index is 0.118. The molecule has 0 amide bonds. The van der Waals surface area contributed by atoms with Crippen LogP contribution >= 0.6 is 11.6 Å². The Bertz CT molecular complexity index is 894. The van der Waals surface area contributed by atoms with E-state index in [0.29, 0.717) is 6.61 Å². The lowest BCUT2D eigenvalue weighted by Crippen LogP contribution is -2.45. The minimum absolute atomic E-state index is 0.118. The lowest BCUT2D eigenvalue weighted by Gasteiger charge is -2.36. The second-order valence-electron chi connectivity index (χ2n) is 7.06. The molecule has 1 aliphatic heterocycles. The molecule has 4 rings (SSSR count). The van der Waals surface area contributed by atoms with E-state index < -0.39 is 0 Å². The highest BCUT2D eigenvalue weighted by atomic mass is 35.5. The average Bonchev–Trinajstić information content (AvgIpc) is 2.75. The van der Waals surface area contributed by atoms with Crippen molar-refractivity contribution >= 4 is 11.6 Å². The molecule has 0 aliphatic carbocycles. The van der Waals surface area contributed by atoms with E-state index in [-0.39, 0.29) is 6.04 Å². The van der Waals surface area contributed by atoms with Crippen LogP contribution in [0.5, 0.6) is 5.75 Å². The summed E-state index contributed by atoms with van der Waals surface area (Å²) in [7, 11) is 0. The Morgan fingerprint density at radius 2 is 1.64 bits per heavy atom. The van der Waals surface area contributed by atoms with E-state index >= 15 is 0 Å². The molecule has 1 heterocycles. The molecular formula is C24H25ClN2O. The molecule has 1 N–H and O–H groups in total. The van der Waals surface area contributed by atoms with Crippen molar-refractivity contribution in [1.82, 2.24) is 10.2 Å². The molecule has 0 aromatic heterocycles. The van der Waals surface area contributed by atoms with E-state index in [2.05, 4.69) is 52.7 Å². The van der Waals surface area contributed by atoms with Gasteiger partial charge in [-0.25, -0.2) is 0 Å². The third kappa shape index (κ3) is 4.56. The molecule has 28 heavy (non-hydrogen) atoms. The molecular weight excluding hydrogens is 368 g/mol. The standard InChI is InChI=1S/C24H25ClN2O/c25-21-10-6-9-20(17-21)24(27-15-13-26-14-16-27)22-11-4-5-12-23(22)28-18-19-7-2-1-3-8-19/h1-12,17,24,26H,13-16,18H2. The van der Waals surface area contributed by atoms with Crippen molar-refractivity contribution in [2.24, 2.45) is 0 Å². The number of nitrogens with one attached hydrogen (secondary N) is 1. The fourth-order valence-electron chi connectivity index (χ4n) is 3.78. The summed E-state index contributed by atoms with van der Waals surface area (Å²) in [5.74, 6) is 0.926. The number of hydrogen-bond acceptors (Lipinski definition) is 3. The summed E-state index contributed by atoms with van der Waals surface area (Å²) in [5, 5.41) is 4.21. The lowest BCUT2D eigenvalue weighted by molar-refractivity contribution is 0.193. The highest BCUT2D eigenvalue weighted by molar-refractivity contribution is 6.30. The maximum atomic E-state index is 6.33. The summed E-state index contributed by atoms with van der Waals surface area (Å²) in [4.78, 5) is 2.51. The second-order valence-corrected chi connectivity index (χ2v) is 7.49. The van der Waals surface area contributed by atoms with Crippen LogP contribution in [0.1, 0.15) is 22.7 Å². The third-order valence-electron chi connectivity index (χ3n) is 5.13. The van der Waals surface area contributed by atoms with Crippen LogP contribution in [-0.2, 0) is 6.61 Å². The maximum Gasteiger partial charge on any atom is 0.124 e. The number of para-hydroxylation sites is 1. The van der Waals surface area contributed by atoms with Crippen LogP contribution in [0, 0.1) is 0 Å². The first-order valence-corrected chi connectivity index (χ1v) is 10.1. The van der Waals surface area contributed by atoms with E-state index in [1.807, 2.05) is 36.4 Å². The zero-order valence-corrected chi connectivity index (χ0v) is 16.6. The molecule has 3 aromatic rings. The molecule has 4 heteroatoms. The molecule has 144 valence electrons. The van der Waals surface area contributed by atoms with Gasteiger partial charge < -0.3 is 10.1 Å². The van der Waals surface area contributed by atoms with Crippen molar-refractivity contribution in [3.05, 3.63) is 101 Å². The zero-order valence-electron chi connectivity index (χ0n) is 15.9. The molecule has 0 saturated carbocycles. The van der Waals surface area contributed by atoms with Crippen molar-refractivity contribution in [3.8, 4) is 5.75 Å². The van der Waals surface area contributed by atoms with Crippen LogP contribution in [0.25, 0.3) is 0 Å². The number of rotatable bonds is 6. The van der Waals surface area contributed by atoms with Crippen LogP contribution in [0.4, 0.5) is 0 Å². The van der Waals surface area contributed by atoms with Gasteiger partial charge in [0.1, 0.15) is 12.4 Å². The van der Waals surface area contributed by atoms with Gasteiger partial charge in [-0.3, -0.25) is 4.90 Å². The summed E-state index contributed by atoms with van der Waals surface area (Å²) in [5.41, 5.74) is 3.55. The average molecular weight is 393 g/mol. The third-order valence-corrected chi connectivity index (χ3v) is 5.37. The number of hydrogen-bond donors (Lipinski definition) is 1. The zero-order chi connectivity index (χ0) is 19.2. The van der Waals surface area contributed by atoms with E-state index in [4.69, 9.17) is 16.3 Å². The summed E-state index contributed by atoms with van der Waals surface area (Å²) in [6.45, 7) is 4.52.